The minimum atomic E-state index is -4.12. The summed E-state index contributed by atoms with van der Waals surface area (Å²) in [6.45, 7) is 0. The number of amides is 1. The Hall–Kier alpha value is -1.92. The minimum absolute atomic E-state index is 0.0845. The van der Waals surface area contributed by atoms with E-state index in [1.54, 1.807) is 32.3 Å². The van der Waals surface area contributed by atoms with Gasteiger partial charge in [-0.2, -0.15) is 8.42 Å². The summed E-state index contributed by atoms with van der Waals surface area (Å²) in [7, 11) is -0.741. The van der Waals surface area contributed by atoms with E-state index in [1.165, 1.54) is 17.0 Å². The number of carbonyl (C=O) groups is 1. The average Bonchev–Trinajstić information content (AvgIpc) is 2.65. The van der Waals surface area contributed by atoms with Crippen LogP contribution in [0, 0.1) is 0 Å². The zero-order chi connectivity index (χ0) is 14.5. The Morgan fingerprint density at radius 3 is 2.00 bits per heavy atom. The van der Waals surface area contributed by atoms with E-state index < -0.39 is 10.1 Å². The van der Waals surface area contributed by atoms with Crippen LogP contribution in [0.3, 0.4) is 0 Å². The van der Waals surface area contributed by atoms with Crippen LogP contribution in [0.25, 0.3) is 11.1 Å². The normalized spacial score (nSPS) is 10.5. The van der Waals surface area contributed by atoms with E-state index in [0.29, 0.717) is 0 Å². The summed E-state index contributed by atoms with van der Waals surface area (Å²) < 4.78 is 30.7. The van der Waals surface area contributed by atoms with Gasteiger partial charge in [-0.1, -0.05) is 30.3 Å². The lowest BCUT2D eigenvalue weighted by Gasteiger charge is -1.93. The Morgan fingerprint density at radius 2 is 1.53 bits per heavy atom. The molecule has 2 rings (SSSR count). The number of fused-ring (bicyclic) bond motifs is 1. The molecule has 0 saturated heterocycles. The SMILES string of the molecule is CN(C)C=O.O=S(=O)(O)c1cccc2cccc-2c1. The number of nitrogens with zero attached hydrogens (tertiary/aromatic N) is 1. The van der Waals surface area contributed by atoms with E-state index in [4.69, 9.17) is 4.55 Å². The van der Waals surface area contributed by atoms with Crippen molar-refractivity contribution in [3.63, 3.8) is 0 Å². The Morgan fingerprint density at radius 1 is 1.05 bits per heavy atom. The van der Waals surface area contributed by atoms with Crippen molar-refractivity contribution < 1.29 is 17.8 Å². The molecule has 2 aliphatic carbocycles. The number of rotatable bonds is 2. The van der Waals surface area contributed by atoms with Gasteiger partial charge in [0, 0.05) is 14.1 Å². The molecule has 19 heavy (non-hydrogen) atoms. The Bertz CT molecular complexity index is 622. The molecule has 0 aromatic heterocycles. The fourth-order valence-corrected chi connectivity index (χ4v) is 1.87. The predicted molar refractivity (Wildman–Crippen MR) is 72.6 cm³/mol. The van der Waals surface area contributed by atoms with Crippen LogP contribution in [0.1, 0.15) is 0 Å². The van der Waals surface area contributed by atoms with E-state index in [2.05, 4.69) is 0 Å². The molecule has 1 N–H and O–H groups in total. The van der Waals surface area contributed by atoms with Crippen molar-refractivity contribution >= 4 is 16.5 Å². The van der Waals surface area contributed by atoms with Crippen molar-refractivity contribution in [1.82, 2.24) is 4.90 Å². The van der Waals surface area contributed by atoms with Gasteiger partial charge >= 0.3 is 0 Å². The summed E-state index contributed by atoms with van der Waals surface area (Å²) in [6, 6.07) is 11.7. The molecule has 0 spiro atoms. The quantitative estimate of drug-likeness (QED) is 0.672. The molecule has 0 heterocycles. The monoisotopic (exact) mass is 281 g/mol. The first-order chi connectivity index (χ1) is 8.84. The maximum atomic E-state index is 10.9. The summed E-state index contributed by atoms with van der Waals surface area (Å²) in [5.41, 5.74) is 1.74. The zero-order valence-electron chi connectivity index (χ0n) is 10.6. The highest BCUT2D eigenvalue weighted by molar-refractivity contribution is 7.85. The molecule has 102 valence electrons. The molecule has 0 aromatic carbocycles. The highest BCUT2D eigenvalue weighted by atomic mass is 32.2. The second-order valence-electron chi connectivity index (χ2n) is 4.05. The second kappa shape index (κ2) is 6.31. The van der Waals surface area contributed by atoms with Gasteiger partial charge in [-0.25, -0.2) is 0 Å². The van der Waals surface area contributed by atoms with Crippen LogP contribution in [0.2, 0.25) is 0 Å². The molecule has 6 heteroatoms. The van der Waals surface area contributed by atoms with E-state index in [-0.39, 0.29) is 4.90 Å². The first-order valence-corrected chi connectivity index (χ1v) is 6.86. The van der Waals surface area contributed by atoms with Crippen LogP contribution < -0.4 is 0 Å². The van der Waals surface area contributed by atoms with E-state index in [0.717, 1.165) is 17.5 Å². The van der Waals surface area contributed by atoms with E-state index in [1.807, 2.05) is 12.1 Å². The van der Waals surface area contributed by atoms with Gasteiger partial charge < -0.3 is 4.90 Å². The lowest BCUT2D eigenvalue weighted by molar-refractivity contribution is -0.115. The lowest BCUT2D eigenvalue weighted by Crippen LogP contribution is -2.06. The maximum Gasteiger partial charge on any atom is 0.294 e. The largest absolute Gasteiger partial charge is 0.351 e. The molecular weight excluding hydrogens is 266 g/mol. The standard InChI is InChI=1S/C10H8O3S.C3H7NO/c11-14(12,13)10-6-2-4-8-3-1-5-9(8)7-10;1-4(2)3-5/h1-7H,(H,11,12,13);3H,1-2H3. The summed E-state index contributed by atoms with van der Waals surface area (Å²) in [4.78, 5) is 10.8. The molecule has 0 fully saturated rings. The van der Waals surface area contributed by atoms with Crippen molar-refractivity contribution in [3.8, 4) is 11.1 Å². The fraction of sp³-hybridized carbons (Fsp3) is 0.154. The molecule has 0 aliphatic heterocycles. The maximum absolute atomic E-state index is 10.9. The first-order valence-electron chi connectivity index (χ1n) is 5.42. The van der Waals surface area contributed by atoms with Gasteiger partial charge in [0.1, 0.15) is 0 Å². The number of hydrogen-bond donors (Lipinski definition) is 1. The van der Waals surface area contributed by atoms with E-state index in [9.17, 15) is 13.2 Å². The molecule has 0 saturated carbocycles. The molecule has 0 bridgehead atoms. The average molecular weight is 281 g/mol. The number of carbonyl (C=O) groups excluding carboxylic acids is 1. The molecule has 0 unspecified atom stereocenters. The second-order valence-corrected chi connectivity index (χ2v) is 5.47. The third-order valence-corrected chi connectivity index (χ3v) is 3.08. The summed E-state index contributed by atoms with van der Waals surface area (Å²) >= 11 is 0. The Balaban J connectivity index is 0.000000312. The van der Waals surface area contributed by atoms with Gasteiger partial charge in [-0.15, -0.1) is 0 Å². The molecular formula is C13H15NO4S. The number of hydrogen-bond acceptors (Lipinski definition) is 3. The topological polar surface area (TPSA) is 74.7 Å². The zero-order valence-corrected chi connectivity index (χ0v) is 11.5. The van der Waals surface area contributed by atoms with Crippen LogP contribution in [0.4, 0.5) is 0 Å². The summed E-state index contributed by atoms with van der Waals surface area (Å²) in [6.07, 6.45) is 0.750. The fourth-order valence-electron chi connectivity index (χ4n) is 1.34. The molecule has 1 amide bonds. The molecule has 0 aromatic rings. The third kappa shape index (κ3) is 4.69. The summed E-state index contributed by atoms with van der Waals surface area (Å²) in [5, 5.41) is 0. The van der Waals surface area contributed by atoms with Crippen LogP contribution in [-0.4, -0.2) is 38.4 Å². The predicted octanol–water partition coefficient (Wildman–Crippen LogP) is 1.74. The van der Waals surface area contributed by atoms with Crippen LogP contribution in [-0.2, 0) is 14.9 Å². The first kappa shape index (κ1) is 15.1. The van der Waals surface area contributed by atoms with Gasteiger partial charge in [0.2, 0.25) is 6.41 Å². The highest BCUT2D eigenvalue weighted by Gasteiger charge is 2.10. The molecule has 0 atom stereocenters. The molecule has 0 radical (unpaired) electrons. The van der Waals surface area contributed by atoms with Gasteiger partial charge in [-0.3, -0.25) is 9.35 Å². The van der Waals surface area contributed by atoms with Gasteiger partial charge in [0.15, 0.2) is 0 Å². The third-order valence-electron chi connectivity index (χ3n) is 2.23. The Labute approximate surface area is 112 Å². The van der Waals surface area contributed by atoms with Crippen molar-refractivity contribution in [1.29, 1.82) is 0 Å². The van der Waals surface area contributed by atoms with Crippen molar-refractivity contribution in [2.24, 2.45) is 0 Å². The highest BCUT2D eigenvalue weighted by Crippen LogP contribution is 2.23. The van der Waals surface area contributed by atoms with Crippen molar-refractivity contribution in [3.05, 3.63) is 42.5 Å². The van der Waals surface area contributed by atoms with Crippen LogP contribution in [0.15, 0.2) is 47.4 Å². The van der Waals surface area contributed by atoms with Gasteiger partial charge in [-0.05, 0) is 23.3 Å². The lowest BCUT2D eigenvalue weighted by atomic mass is 10.2. The van der Waals surface area contributed by atoms with Crippen molar-refractivity contribution in [2.75, 3.05) is 14.1 Å². The molecule has 5 nitrogen and oxygen atoms in total. The Kier molecular flexibility index (Phi) is 5.02. The van der Waals surface area contributed by atoms with Crippen molar-refractivity contribution in [2.45, 2.75) is 4.90 Å². The van der Waals surface area contributed by atoms with Gasteiger partial charge in [0.05, 0.1) is 4.90 Å². The van der Waals surface area contributed by atoms with Crippen LogP contribution >= 0.6 is 0 Å². The summed E-state index contributed by atoms with van der Waals surface area (Å²) in [5.74, 6) is 0. The smallest absolute Gasteiger partial charge is 0.294 e. The van der Waals surface area contributed by atoms with Gasteiger partial charge in [0.25, 0.3) is 10.1 Å². The van der Waals surface area contributed by atoms with E-state index >= 15 is 0 Å². The van der Waals surface area contributed by atoms with Crippen LogP contribution in [0.5, 0.6) is 0 Å². The molecule has 2 aliphatic rings. The minimum Gasteiger partial charge on any atom is -0.351 e.